The normalized spacial score (nSPS) is 20.9. The largest absolute Gasteiger partial charge is 0.466 e. The van der Waals surface area contributed by atoms with Crippen molar-refractivity contribution in [3.63, 3.8) is 0 Å². The topological polar surface area (TPSA) is 79.0 Å². The smallest absolute Gasteiger partial charge is 0.308 e. The monoisotopic (exact) mass is 481 g/mol. The van der Waals surface area contributed by atoms with E-state index in [1.165, 1.54) is 0 Å². The fourth-order valence-corrected chi connectivity index (χ4v) is 4.87. The van der Waals surface area contributed by atoms with E-state index in [4.69, 9.17) is 4.74 Å². The van der Waals surface area contributed by atoms with Crippen molar-refractivity contribution < 1.29 is 19.1 Å². The van der Waals surface area contributed by atoms with Gasteiger partial charge in [-0.05, 0) is 57.4 Å². The van der Waals surface area contributed by atoms with Gasteiger partial charge in [-0.2, -0.15) is 0 Å². The second-order valence-electron chi connectivity index (χ2n) is 11.5. The lowest BCUT2D eigenvalue weighted by Gasteiger charge is -2.42. The van der Waals surface area contributed by atoms with Crippen LogP contribution in [0.25, 0.3) is 0 Å². The number of rotatable bonds is 11. The molecule has 5 atom stereocenters. The first-order valence-corrected chi connectivity index (χ1v) is 13.3. The number of hydrogen-bond donors (Lipinski definition) is 1. The zero-order valence-corrected chi connectivity index (χ0v) is 23.4. The van der Waals surface area contributed by atoms with Crippen molar-refractivity contribution in [3.8, 4) is 0 Å². The minimum Gasteiger partial charge on any atom is -0.466 e. The van der Waals surface area contributed by atoms with Crippen LogP contribution in [0, 0.1) is 17.3 Å². The minimum atomic E-state index is -0.648. The maximum atomic E-state index is 13.8. The third-order valence-electron chi connectivity index (χ3n) is 7.30. The molecule has 1 N–H and O–H groups in total. The van der Waals surface area contributed by atoms with Crippen molar-refractivity contribution in [1.82, 2.24) is 15.1 Å². The van der Waals surface area contributed by atoms with Crippen molar-refractivity contribution in [2.24, 2.45) is 17.3 Å². The molecule has 198 valence electrons. The Labute approximate surface area is 208 Å². The van der Waals surface area contributed by atoms with Crippen LogP contribution in [0.2, 0.25) is 0 Å². The quantitative estimate of drug-likeness (QED) is 0.447. The number of likely N-dealkylation sites (tertiary alicyclic amines) is 1. The summed E-state index contributed by atoms with van der Waals surface area (Å²) in [7, 11) is 1.79. The van der Waals surface area contributed by atoms with Crippen LogP contribution in [0.4, 0.5) is 0 Å². The Morgan fingerprint density at radius 1 is 1.09 bits per heavy atom. The first kappa shape index (κ1) is 30.4. The van der Waals surface area contributed by atoms with E-state index in [-0.39, 0.29) is 41.7 Å². The minimum absolute atomic E-state index is 0.0531. The van der Waals surface area contributed by atoms with Gasteiger partial charge in [-0.3, -0.25) is 19.3 Å². The second-order valence-corrected chi connectivity index (χ2v) is 11.5. The highest BCUT2D eigenvalue weighted by atomic mass is 16.5. The Hall–Kier alpha value is -1.63. The van der Waals surface area contributed by atoms with Crippen molar-refractivity contribution >= 4 is 17.8 Å². The molecule has 0 aromatic rings. The SMILES string of the molecule is CCOC(=O)C(C)C[C@H](C(C)C)N(C)C(=O)[C@@H](NC(=O)[C@H]1CCCCN1C(C)CC)C(C)(C)C. The van der Waals surface area contributed by atoms with Crippen molar-refractivity contribution in [2.75, 3.05) is 20.2 Å². The molecular formula is C27H51N3O4. The number of nitrogens with zero attached hydrogens (tertiary/aromatic N) is 2. The first-order valence-electron chi connectivity index (χ1n) is 13.3. The van der Waals surface area contributed by atoms with E-state index < -0.39 is 11.5 Å². The van der Waals surface area contributed by atoms with Crippen LogP contribution < -0.4 is 5.32 Å². The van der Waals surface area contributed by atoms with Crippen molar-refractivity contribution in [1.29, 1.82) is 0 Å². The summed E-state index contributed by atoms with van der Waals surface area (Å²) in [6, 6.07) is -0.654. The number of ether oxygens (including phenoxy) is 1. The van der Waals surface area contributed by atoms with Crippen LogP contribution in [0.15, 0.2) is 0 Å². The zero-order chi connectivity index (χ0) is 26.2. The lowest BCUT2D eigenvalue weighted by atomic mass is 9.84. The van der Waals surface area contributed by atoms with Gasteiger partial charge in [-0.25, -0.2) is 0 Å². The molecule has 1 rings (SSSR count). The highest BCUT2D eigenvalue weighted by molar-refractivity contribution is 5.90. The van der Waals surface area contributed by atoms with Gasteiger partial charge in [0.15, 0.2) is 0 Å². The van der Waals surface area contributed by atoms with Gasteiger partial charge in [0.05, 0.1) is 18.6 Å². The van der Waals surface area contributed by atoms with Gasteiger partial charge < -0.3 is 15.0 Å². The molecule has 2 unspecified atom stereocenters. The van der Waals surface area contributed by atoms with Crippen LogP contribution in [0.3, 0.4) is 0 Å². The number of piperidine rings is 1. The summed E-state index contributed by atoms with van der Waals surface area (Å²) in [5.41, 5.74) is -0.453. The predicted octanol–water partition coefficient (Wildman–Crippen LogP) is 4.24. The van der Waals surface area contributed by atoms with Gasteiger partial charge in [0, 0.05) is 19.1 Å². The summed E-state index contributed by atoms with van der Waals surface area (Å²) in [5, 5.41) is 3.14. The molecule has 1 aliphatic rings. The van der Waals surface area contributed by atoms with Gasteiger partial charge in [-0.1, -0.05) is 54.9 Å². The Balaban J connectivity index is 3.08. The molecule has 0 bridgehead atoms. The molecule has 1 heterocycles. The van der Waals surface area contributed by atoms with E-state index in [1.54, 1.807) is 18.9 Å². The molecule has 2 amide bonds. The van der Waals surface area contributed by atoms with Gasteiger partial charge in [0.1, 0.15) is 6.04 Å². The molecule has 1 saturated heterocycles. The molecular weight excluding hydrogens is 430 g/mol. The summed E-state index contributed by atoms with van der Waals surface area (Å²) in [6.07, 6.45) is 4.47. The molecule has 1 aliphatic heterocycles. The Morgan fingerprint density at radius 2 is 1.71 bits per heavy atom. The van der Waals surface area contributed by atoms with E-state index in [1.807, 2.05) is 27.7 Å². The fraction of sp³-hybridized carbons (Fsp3) is 0.889. The maximum Gasteiger partial charge on any atom is 0.308 e. The number of likely N-dealkylation sites (N-methyl/N-ethyl adjacent to an activating group) is 1. The number of amides is 2. The summed E-state index contributed by atoms with van der Waals surface area (Å²) in [5.74, 6) is -0.556. The highest BCUT2D eigenvalue weighted by Gasteiger charge is 2.40. The Bertz CT molecular complexity index is 673. The van der Waals surface area contributed by atoms with E-state index >= 15 is 0 Å². The first-order chi connectivity index (χ1) is 15.8. The van der Waals surface area contributed by atoms with Crippen LogP contribution in [0.5, 0.6) is 0 Å². The lowest BCUT2D eigenvalue weighted by Crippen LogP contribution is -2.61. The average molecular weight is 482 g/mol. The van der Waals surface area contributed by atoms with Crippen molar-refractivity contribution in [2.45, 2.75) is 119 Å². The summed E-state index contributed by atoms with van der Waals surface area (Å²) >= 11 is 0. The van der Waals surface area contributed by atoms with Gasteiger partial charge in [-0.15, -0.1) is 0 Å². The van der Waals surface area contributed by atoms with Crippen LogP contribution in [-0.4, -0.2) is 72.0 Å². The molecule has 0 aromatic heterocycles. The molecule has 0 spiro atoms. The third-order valence-corrected chi connectivity index (χ3v) is 7.30. The number of nitrogens with one attached hydrogen (secondary N) is 1. The van der Waals surface area contributed by atoms with Crippen LogP contribution in [-0.2, 0) is 19.1 Å². The van der Waals surface area contributed by atoms with E-state index in [0.29, 0.717) is 19.1 Å². The molecule has 34 heavy (non-hydrogen) atoms. The lowest BCUT2D eigenvalue weighted by molar-refractivity contribution is -0.150. The van der Waals surface area contributed by atoms with E-state index in [9.17, 15) is 14.4 Å². The summed E-state index contributed by atoms with van der Waals surface area (Å²) in [4.78, 5) is 43.5. The molecule has 0 aliphatic carbocycles. The summed E-state index contributed by atoms with van der Waals surface area (Å²) in [6.45, 7) is 19.3. The Kier molecular flexibility index (Phi) is 12.0. The average Bonchev–Trinajstić information content (AvgIpc) is 2.78. The standard InChI is InChI=1S/C27H51N3O4/c1-11-20(6)30-16-14-13-15-21(30)24(31)28-23(27(7,8)9)25(32)29(10)22(18(3)4)17-19(5)26(33)34-12-2/h18-23H,11-17H2,1-10H3,(H,28,31)/t19?,20?,21-,22-,23-/m1/s1. The molecule has 0 saturated carbocycles. The zero-order valence-electron chi connectivity index (χ0n) is 23.4. The van der Waals surface area contributed by atoms with Crippen molar-refractivity contribution in [3.05, 3.63) is 0 Å². The molecule has 0 radical (unpaired) electrons. The van der Waals surface area contributed by atoms with Crippen LogP contribution >= 0.6 is 0 Å². The summed E-state index contributed by atoms with van der Waals surface area (Å²) < 4.78 is 5.18. The Morgan fingerprint density at radius 3 is 2.21 bits per heavy atom. The molecule has 0 aromatic carbocycles. The number of hydrogen-bond acceptors (Lipinski definition) is 5. The molecule has 7 nitrogen and oxygen atoms in total. The maximum absolute atomic E-state index is 13.8. The van der Waals surface area contributed by atoms with Gasteiger partial charge in [0.25, 0.3) is 0 Å². The molecule has 7 heteroatoms. The third kappa shape index (κ3) is 8.24. The number of carbonyl (C=O) groups excluding carboxylic acids is 3. The highest BCUT2D eigenvalue weighted by Crippen LogP contribution is 2.27. The van der Waals surface area contributed by atoms with Gasteiger partial charge in [0.2, 0.25) is 11.8 Å². The van der Waals surface area contributed by atoms with E-state index in [2.05, 4.69) is 37.9 Å². The second kappa shape index (κ2) is 13.5. The number of carbonyl (C=O) groups is 3. The van der Waals surface area contributed by atoms with E-state index in [0.717, 1.165) is 32.2 Å². The van der Waals surface area contributed by atoms with Gasteiger partial charge >= 0.3 is 5.97 Å². The molecule has 1 fully saturated rings. The predicted molar refractivity (Wildman–Crippen MR) is 137 cm³/mol. The number of esters is 1. The van der Waals surface area contributed by atoms with Crippen LogP contribution in [0.1, 0.15) is 94.4 Å². The fourth-order valence-electron chi connectivity index (χ4n) is 4.87.